The maximum absolute atomic E-state index is 13.5. The number of anilines is 4. The van der Waals surface area contributed by atoms with Crippen molar-refractivity contribution in [3.05, 3.63) is 78.4 Å². The summed E-state index contributed by atoms with van der Waals surface area (Å²) in [7, 11) is 5.21. The van der Waals surface area contributed by atoms with E-state index in [2.05, 4.69) is 0 Å². The van der Waals surface area contributed by atoms with Crippen LogP contribution in [0.15, 0.2) is 77.7 Å². The lowest BCUT2D eigenvalue weighted by Crippen LogP contribution is -2.40. The van der Waals surface area contributed by atoms with E-state index in [1.165, 1.54) is 19.6 Å². The average Bonchev–Trinajstić information content (AvgIpc) is 2.93. The van der Waals surface area contributed by atoms with Gasteiger partial charge in [-0.15, -0.1) is 0 Å². The number of aldehydes is 1. The van der Waals surface area contributed by atoms with Crippen LogP contribution in [-0.2, 0) is 10.8 Å². The molecule has 3 rings (SSSR count). The number of hydrogen-bond donors (Lipinski definition) is 0. The minimum atomic E-state index is -1.33. The van der Waals surface area contributed by atoms with Crippen LogP contribution in [0.25, 0.3) is 0 Å². The summed E-state index contributed by atoms with van der Waals surface area (Å²) in [5.41, 5.74) is 2.61. The summed E-state index contributed by atoms with van der Waals surface area (Å²) in [5.74, 6) is 0. The third-order valence-corrected chi connectivity index (χ3v) is 8.02. The molecule has 0 heterocycles. The molecule has 0 N–H and O–H groups in total. The van der Waals surface area contributed by atoms with Gasteiger partial charge in [-0.25, -0.2) is 9.59 Å². The number of amides is 4. The van der Waals surface area contributed by atoms with Crippen LogP contribution in [0.3, 0.4) is 0 Å². The van der Waals surface area contributed by atoms with Crippen molar-refractivity contribution < 1.29 is 18.6 Å². The fourth-order valence-corrected chi connectivity index (χ4v) is 5.16. The van der Waals surface area contributed by atoms with Crippen LogP contribution in [0, 0.1) is 0 Å². The van der Waals surface area contributed by atoms with Gasteiger partial charge in [-0.2, -0.15) is 0 Å². The van der Waals surface area contributed by atoms with E-state index in [0.29, 0.717) is 39.5 Å². The Bertz CT molecular complexity index is 1370. The van der Waals surface area contributed by atoms with Gasteiger partial charge >= 0.3 is 12.1 Å². The normalized spacial score (nSPS) is 11.9. The van der Waals surface area contributed by atoms with Gasteiger partial charge < -0.3 is 0 Å². The molecule has 200 valence electrons. The summed E-state index contributed by atoms with van der Waals surface area (Å²) in [5, 5.41) is 0. The maximum atomic E-state index is 13.5. The monoisotopic (exact) mass is 534 g/mol. The van der Waals surface area contributed by atoms with E-state index >= 15 is 0 Å². The third-order valence-electron chi connectivity index (χ3n) is 6.16. The lowest BCUT2D eigenvalue weighted by atomic mass is 10.2. The first kappa shape index (κ1) is 28.6. The molecule has 1 unspecified atom stereocenters. The molecule has 0 aromatic heterocycles. The van der Waals surface area contributed by atoms with Crippen molar-refractivity contribution >= 4 is 51.9 Å². The van der Waals surface area contributed by atoms with Gasteiger partial charge in [-0.1, -0.05) is 30.3 Å². The zero-order valence-corrected chi connectivity index (χ0v) is 23.7. The molecule has 0 fully saturated rings. The molecule has 0 radical (unpaired) electrons. The standard InChI is InChI=1S/C29H34N4O4S/c1-29(2,3)38(37)26-18-11-10-17-25(26)33(7)28(36)31(5)23-15-12-14-22(19-23)30(4)27(35)32(6)24-16-9-8-13-21(24)20-34/h8-20H,1-7H3. The van der Waals surface area contributed by atoms with E-state index in [9.17, 15) is 18.6 Å². The van der Waals surface area contributed by atoms with Gasteiger partial charge in [-0.05, 0) is 63.2 Å². The van der Waals surface area contributed by atoms with Crippen molar-refractivity contribution in [2.24, 2.45) is 0 Å². The average molecular weight is 535 g/mol. The predicted molar refractivity (Wildman–Crippen MR) is 155 cm³/mol. The highest BCUT2D eigenvalue weighted by atomic mass is 32.2. The summed E-state index contributed by atoms with van der Waals surface area (Å²) in [6.07, 6.45) is 0.714. The van der Waals surface area contributed by atoms with Crippen molar-refractivity contribution in [3.8, 4) is 0 Å². The number of rotatable bonds is 6. The molecule has 3 aromatic rings. The van der Waals surface area contributed by atoms with Gasteiger partial charge in [0.25, 0.3) is 0 Å². The molecule has 0 saturated carbocycles. The zero-order valence-electron chi connectivity index (χ0n) is 22.8. The first-order valence-electron chi connectivity index (χ1n) is 12.1. The van der Waals surface area contributed by atoms with Gasteiger partial charge in [0.05, 0.1) is 27.1 Å². The molecule has 0 aliphatic rings. The Morgan fingerprint density at radius 1 is 0.684 bits per heavy atom. The van der Waals surface area contributed by atoms with Gasteiger partial charge in [0, 0.05) is 49.9 Å². The molecule has 8 nitrogen and oxygen atoms in total. The SMILES string of the molecule is CN(C(=O)N(C)c1ccccc1C=O)c1cccc(N(C)C(=O)N(C)c2ccccc2S(=O)C(C)(C)C)c1. The van der Waals surface area contributed by atoms with Crippen molar-refractivity contribution in [1.29, 1.82) is 0 Å². The number of urea groups is 2. The molecule has 9 heteroatoms. The molecule has 0 spiro atoms. The molecule has 0 saturated heterocycles. The topological polar surface area (TPSA) is 81.2 Å². The van der Waals surface area contributed by atoms with Gasteiger partial charge in [0.1, 0.15) is 0 Å². The number of benzene rings is 3. The molecule has 1 atom stereocenters. The Morgan fingerprint density at radius 3 is 1.68 bits per heavy atom. The Morgan fingerprint density at radius 2 is 1.16 bits per heavy atom. The van der Waals surface area contributed by atoms with Gasteiger partial charge in [-0.3, -0.25) is 28.6 Å². The summed E-state index contributed by atoms with van der Waals surface area (Å²) < 4.78 is 12.6. The quantitative estimate of drug-likeness (QED) is 0.375. The summed E-state index contributed by atoms with van der Waals surface area (Å²) >= 11 is 0. The number of nitrogens with zero attached hydrogens (tertiary/aromatic N) is 4. The Hall–Kier alpha value is -3.98. The van der Waals surface area contributed by atoms with Crippen LogP contribution >= 0.6 is 0 Å². The minimum absolute atomic E-state index is 0.327. The predicted octanol–water partition coefficient (Wildman–Crippen LogP) is 5.79. The van der Waals surface area contributed by atoms with Crippen LogP contribution in [0.2, 0.25) is 0 Å². The Kier molecular flexibility index (Phi) is 8.73. The van der Waals surface area contributed by atoms with Crippen LogP contribution in [0.1, 0.15) is 31.1 Å². The minimum Gasteiger partial charge on any atom is -0.298 e. The van der Waals surface area contributed by atoms with Crippen molar-refractivity contribution in [2.45, 2.75) is 30.4 Å². The number of hydrogen-bond acceptors (Lipinski definition) is 4. The van der Waals surface area contributed by atoms with Crippen LogP contribution < -0.4 is 19.6 Å². The maximum Gasteiger partial charge on any atom is 0.328 e. The molecule has 0 aliphatic heterocycles. The van der Waals surface area contributed by atoms with Crippen LogP contribution in [0.4, 0.5) is 32.3 Å². The first-order valence-corrected chi connectivity index (χ1v) is 13.2. The van der Waals surface area contributed by atoms with Gasteiger partial charge in [0.2, 0.25) is 0 Å². The second kappa shape index (κ2) is 11.6. The molecule has 0 aliphatic carbocycles. The molecule has 3 aromatic carbocycles. The van der Waals surface area contributed by atoms with E-state index in [-0.39, 0.29) is 12.1 Å². The Labute approximate surface area is 226 Å². The fraction of sp³-hybridized carbons (Fsp3) is 0.276. The highest BCUT2D eigenvalue weighted by Crippen LogP contribution is 2.31. The smallest absolute Gasteiger partial charge is 0.298 e. The molecular formula is C29H34N4O4S. The Balaban J connectivity index is 1.85. The van der Waals surface area contributed by atoms with Crippen LogP contribution in [0.5, 0.6) is 0 Å². The second-order valence-electron chi connectivity index (χ2n) is 9.85. The van der Waals surface area contributed by atoms with Crippen LogP contribution in [-0.4, -0.2) is 55.5 Å². The van der Waals surface area contributed by atoms with E-state index in [1.807, 2.05) is 32.9 Å². The third kappa shape index (κ3) is 5.94. The molecule has 38 heavy (non-hydrogen) atoms. The van der Waals surface area contributed by atoms with Crippen molar-refractivity contribution in [1.82, 2.24) is 0 Å². The summed E-state index contributed by atoms with van der Waals surface area (Å²) in [6.45, 7) is 5.68. The number of carbonyl (C=O) groups is 3. The number of para-hydroxylation sites is 2. The zero-order chi connectivity index (χ0) is 28.2. The number of carbonyl (C=O) groups excluding carboxylic acids is 3. The summed E-state index contributed by atoms with van der Waals surface area (Å²) in [4.78, 5) is 44.5. The van der Waals surface area contributed by atoms with E-state index in [0.717, 1.165) is 0 Å². The molecule has 0 bridgehead atoms. The molecular weight excluding hydrogens is 500 g/mol. The van der Waals surface area contributed by atoms with Crippen molar-refractivity contribution in [3.63, 3.8) is 0 Å². The van der Waals surface area contributed by atoms with E-state index in [4.69, 9.17) is 0 Å². The lowest BCUT2D eigenvalue weighted by Gasteiger charge is -2.29. The van der Waals surface area contributed by atoms with Gasteiger partial charge in [0.15, 0.2) is 6.29 Å². The fourth-order valence-electron chi connectivity index (χ4n) is 3.90. The van der Waals surface area contributed by atoms with E-state index < -0.39 is 15.5 Å². The highest BCUT2D eigenvalue weighted by molar-refractivity contribution is 7.86. The lowest BCUT2D eigenvalue weighted by molar-refractivity contribution is 0.112. The second-order valence-corrected chi connectivity index (χ2v) is 12.0. The largest absolute Gasteiger partial charge is 0.328 e. The van der Waals surface area contributed by atoms with Crippen molar-refractivity contribution in [2.75, 3.05) is 47.8 Å². The molecule has 4 amide bonds. The summed E-state index contributed by atoms with van der Waals surface area (Å²) in [6, 6.07) is 20.4. The highest BCUT2D eigenvalue weighted by Gasteiger charge is 2.27. The first-order chi connectivity index (χ1) is 17.9. The van der Waals surface area contributed by atoms with E-state index in [1.54, 1.807) is 88.9 Å².